The van der Waals surface area contributed by atoms with Crippen LogP contribution in [0.25, 0.3) is 10.9 Å². The third-order valence-electron chi connectivity index (χ3n) is 7.92. The van der Waals surface area contributed by atoms with Gasteiger partial charge in [-0.2, -0.15) is 0 Å². The number of para-hydroxylation sites is 2. The number of hydrogen-bond donors (Lipinski definition) is 0. The Labute approximate surface area is 240 Å². The number of rotatable bonds is 8. The number of piperazine rings is 1. The molecule has 11 heteroatoms. The molecule has 2 aromatic carbocycles. The lowest BCUT2D eigenvalue weighted by Gasteiger charge is -2.36. The molecular weight excluding hydrogens is 544 g/mol. The number of aromatic nitrogens is 2. The van der Waals surface area contributed by atoms with E-state index in [0.29, 0.717) is 48.3 Å². The fourth-order valence-corrected chi connectivity index (χ4v) is 6.77. The molecule has 0 spiro atoms. The summed E-state index contributed by atoms with van der Waals surface area (Å²) < 4.78 is 19.5. The number of hydrogen-bond acceptors (Lipinski definition) is 9. The van der Waals surface area contributed by atoms with Crippen molar-refractivity contribution in [2.75, 3.05) is 51.8 Å². The zero-order valence-electron chi connectivity index (χ0n) is 23.1. The minimum Gasteiger partial charge on any atom is -0.497 e. The first kappa shape index (κ1) is 27.1. The van der Waals surface area contributed by atoms with Crippen molar-refractivity contribution in [3.63, 3.8) is 0 Å². The van der Waals surface area contributed by atoms with Crippen LogP contribution in [0.3, 0.4) is 0 Å². The summed E-state index contributed by atoms with van der Waals surface area (Å²) in [4.78, 5) is 45.1. The van der Waals surface area contributed by atoms with Crippen LogP contribution in [0.5, 0.6) is 11.5 Å². The third kappa shape index (κ3) is 5.11. The minimum absolute atomic E-state index is 0.293. The Morgan fingerprint density at radius 3 is 2.41 bits per heavy atom. The van der Waals surface area contributed by atoms with Crippen molar-refractivity contribution in [2.45, 2.75) is 25.6 Å². The summed E-state index contributed by atoms with van der Waals surface area (Å²) >= 11 is 1.36. The number of thiophene rings is 1. The number of esters is 1. The number of methoxy groups -OCH3 is 2. The first-order chi connectivity index (χ1) is 20.0. The summed E-state index contributed by atoms with van der Waals surface area (Å²) in [7, 11) is 3.25. The van der Waals surface area contributed by atoms with Crippen LogP contribution < -0.4 is 25.6 Å². The Morgan fingerprint density at radius 1 is 0.927 bits per heavy atom. The number of nitrogens with zero attached hydrogens (tertiary/aromatic N) is 4. The van der Waals surface area contributed by atoms with Crippen LogP contribution in [-0.4, -0.2) is 66.9 Å². The topological polar surface area (TPSA) is 95.2 Å². The number of ether oxygens (including phenoxy) is 3. The number of carbonyl (C=O) groups is 1. The highest BCUT2D eigenvalue weighted by Gasteiger charge is 2.30. The lowest BCUT2D eigenvalue weighted by atomic mass is 10.1. The van der Waals surface area contributed by atoms with E-state index in [0.717, 1.165) is 42.5 Å². The van der Waals surface area contributed by atoms with Crippen LogP contribution in [0.1, 0.15) is 27.8 Å². The molecule has 1 atom stereocenters. The fourth-order valence-electron chi connectivity index (χ4n) is 5.66. The summed E-state index contributed by atoms with van der Waals surface area (Å²) in [5.41, 5.74) is 1.48. The summed E-state index contributed by atoms with van der Waals surface area (Å²) in [6.07, 6.45) is -0.0469. The SMILES string of the molecule is COc1ccc(C(=O)OC2CCn3c(=O)n(CCN4CCN(c5ccccc5OC)CC4)c(=O)c4csc2c43)cc1. The summed E-state index contributed by atoms with van der Waals surface area (Å²) in [5, 5.41) is 2.28. The predicted molar refractivity (Wildman–Crippen MR) is 158 cm³/mol. The number of carbonyl (C=O) groups excluding carboxylic acids is 1. The average Bonchev–Trinajstić information content (AvgIpc) is 3.47. The van der Waals surface area contributed by atoms with Gasteiger partial charge >= 0.3 is 11.7 Å². The highest BCUT2D eigenvalue weighted by molar-refractivity contribution is 7.11. The maximum atomic E-state index is 13.5. The van der Waals surface area contributed by atoms with Gasteiger partial charge in [-0.25, -0.2) is 9.59 Å². The van der Waals surface area contributed by atoms with E-state index in [9.17, 15) is 14.4 Å². The molecule has 1 saturated heterocycles. The van der Waals surface area contributed by atoms with Gasteiger partial charge in [0, 0.05) is 57.6 Å². The normalized spacial score (nSPS) is 17.0. The first-order valence-corrected chi connectivity index (χ1v) is 14.6. The Kier molecular flexibility index (Phi) is 7.55. The van der Waals surface area contributed by atoms with E-state index >= 15 is 0 Å². The molecular formula is C30H32N4O6S. The molecule has 6 rings (SSSR count). The molecule has 0 bridgehead atoms. The lowest BCUT2D eigenvalue weighted by Crippen LogP contribution is -2.49. The van der Waals surface area contributed by atoms with Gasteiger partial charge in [-0.15, -0.1) is 11.3 Å². The van der Waals surface area contributed by atoms with E-state index in [4.69, 9.17) is 14.2 Å². The van der Waals surface area contributed by atoms with Gasteiger partial charge in [0.1, 0.15) is 17.6 Å². The maximum absolute atomic E-state index is 13.5. The lowest BCUT2D eigenvalue weighted by molar-refractivity contribution is 0.0266. The van der Waals surface area contributed by atoms with Gasteiger partial charge in [0.15, 0.2) is 0 Å². The minimum atomic E-state index is -0.513. The highest BCUT2D eigenvalue weighted by Crippen LogP contribution is 2.37. The van der Waals surface area contributed by atoms with Crippen molar-refractivity contribution in [3.05, 3.63) is 85.2 Å². The van der Waals surface area contributed by atoms with Crippen LogP contribution >= 0.6 is 11.3 Å². The smallest absolute Gasteiger partial charge is 0.338 e. The van der Waals surface area contributed by atoms with E-state index in [1.165, 1.54) is 15.9 Å². The molecule has 4 aromatic rings. The van der Waals surface area contributed by atoms with Crippen LogP contribution in [0.4, 0.5) is 5.69 Å². The van der Waals surface area contributed by atoms with Crippen LogP contribution in [0.2, 0.25) is 0 Å². The number of anilines is 1. The molecule has 10 nitrogen and oxygen atoms in total. The van der Waals surface area contributed by atoms with Gasteiger partial charge in [0.25, 0.3) is 5.56 Å². The molecule has 1 fully saturated rings. The number of aryl methyl sites for hydroxylation is 1. The van der Waals surface area contributed by atoms with Crippen LogP contribution in [0.15, 0.2) is 63.5 Å². The van der Waals surface area contributed by atoms with Crippen molar-refractivity contribution < 1.29 is 19.0 Å². The van der Waals surface area contributed by atoms with Crippen molar-refractivity contribution >= 4 is 33.9 Å². The Hall–Kier alpha value is -4.09. The Bertz CT molecular complexity index is 1680. The monoisotopic (exact) mass is 576 g/mol. The fraction of sp³-hybridized carbons (Fsp3) is 0.367. The highest BCUT2D eigenvalue weighted by atomic mass is 32.1. The second-order valence-corrected chi connectivity index (χ2v) is 11.1. The zero-order valence-corrected chi connectivity index (χ0v) is 23.9. The Balaban J connectivity index is 1.15. The van der Waals surface area contributed by atoms with Gasteiger partial charge in [0.05, 0.1) is 41.3 Å². The van der Waals surface area contributed by atoms with Crippen molar-refractivity contribution in [3.8, 4) is 11.5 Å². The molecule has 0 aliphatic carbocycles. The molecule has 0 N–H and O–H groups in total. The first-order valence-electron chi connectivity index (χ1n) is 13.7. The van der Waals surface area contributed by atoms with E-state index in [2.05, 4.69) is 15.9 Å². The molecule has 2 aromatic heterocycles. The molecule has 2 aliphatic heterocycles. The predicted octanol–water partition coefficient (Wildman–Crippen LogP) is 3.37. The van der Waals surface area contributed by atoms with Crippen LogP contribution in [-0.2, 0) is 17.8 Å². The summed E-state index contributed by atoms with van der Waals surface area (Å²) in [5.74, 6) is 1.06. The molecule has 0 radical (unpaired) electrons. The van der Waals surface area contributed by atoms with E-state index < -0.39 is 12.1 Å². The maximum Gasteiger partial charge on any atom is 0.338 e. The van der Waals surface area contributed by atoms with Gasteiger partial charge in [-0.05, 0) is 36.4 Å². The van der Waals surface area contributed by atoms with Crippen LogP contribution in [0, 0.1) is 0 Å². The largest absolute Gasteiger partial charge is 0.497 e. The van der Waals surface area contributed by atoms with Gasteiger partial charge in [0.2, 0.25) is 0 Å². The average molecular weight is 577 g/mol. The quantitative estimate of drug-likeness (QED) is 0.295. The van der Waals surface area contributed by atoms with E-state index in [1.54, 1.807) is 48.4 Å². The van der Waals surface area contributed by atoms with Crippen molar-refractivity contribution in [1.29, 1.82) is 0 Å². The van der Waals surface area contributed by atoms with Gasteiger partial charge in [-0.1, -0.05) is 12.1 Å². The molecule has 0 saturated carbocycles. The Morgan fingerprint density at radius 2 is 1.68 bits per heavy atom. The van der Waals surface area contributed by atoms with Crippen molar-refractivity contribution in [2.24, 2.45) is 0 Å². The van der Waals surface area contributed by atoms with Gasteiger partial charge in [-0.3, -0.25) is 18.8 Å². The van der Waals surface area contributed by atoms with E-state index in [-0.39, 0.29) is 11.2 Å². The molecule has 1 unspecified atom stereocenters. The molecule has 2 aliphatic rings. The zero-order chi connectivity index (χ0) is 28.5. The second-order valence-electron chi connectivity index (χ2n) is 10.2. The molecule has 214 valence electrons. The van der Waals surface area contributed by atoms with Crippen molar-refractivity contribution in [1.82, 2.24) is 14.0 Å². The number of benzene rings is 2. The summed E-state index contributed by atoms with van der Waals surface area (Å²) in [6, 6.07) is 14.7. The van der Waals surface area contributed by atoms with Gasteiger partial charge < -0.3 is 19.1 Å². The van der Waals surface area contributed by atoms with E-state index in [1.807, 2.05) is 18.2 Å². The summed E-state index contributed by atoms with van der Waals surface area (Å²) in [6.45, 7) is 4.63. The second kappa shape index (κ2) is 11.4. The molecule has 0 amide bonds. The third-order valence-corrected chi connectivity index (χ3v) is 8.98. The molecule has 41 heavy (non-hydrogen) atoms. The molecule has 4 heterocycles. The standard InChI is InChI=1S/C30H32N4O6S/c1-38-21-9-7-20(8-10-21)29(36)40-25-11-12-33-26-22(19-41-27(25)26)28(35)34(30(33)37)18-15-31-13-16-32(17-14-31)23-5-3-4-6-24(23)39-2/h3-10,19,25H,11-18H2,1-2H3.